The number of para-hydroxylation sites is 1. The molecule has 1 atom stereocenters. The quantitative estimate of drug-likeness (QED) is 0.434. The van der Waals surface area contributed by atoms with Gasteiger partial charge < -0.3 is 10.1 Å². The number of fused-ring (bicyclic) bond motifs is 3. The van der Waals surface area contributed by atoms with Crippen LogP contribution in [0.1, 0.15) is 24.0 Å². The molecule has 0 saturated carbocycles. The second-order valence-electron chi connectivity index (χ2n) is 7.91. The van der Waals surface area contributed by atoms with Crippen molar-refractivity contribution in [2.45, 2.75) is 44.5 Å². The molecule has 1 N–H and O–H groups in total. The fourth-order valence-corrected chi connectivity index (χ4v) is 5.63. The van der Waals surface area contributed by atoms with Gasteiger partial charge in [-0.25, -0.2) is 0 Å². The summed E-state index contributed by atoms with van der Waals surface area (Å²) in [5.74, 6) is 0.554. The van der Waals surface area contributed by atoms with Crippen molar-refractivity contribution in [2.24, 2.45) is 0 Å². The van der Waals surface area contributed by atoms with Crippen molar-refractivity contribution in [3.8, 4) is 0 Å². The van der Waals surface area contributed by atoms with Crippen LogP contribution >= 0.6 is 23.1 Å². The highest BCUT2D eigenvalue weighted by molar-refractivity contribution is 7.99. The Balaban J connectivity index is 1.44. The molecule has 5 rings (SSSR count). The van der Waals surface area contributed by atoms with Gasteiger partial charge in [0.1, 0.15) is 4.70 Å². The van der Waals surface area contributed by atoms with Crippen molar-refractivity contribution in [1.29, 1.82) is 0 Å². The van der Waals surface area contributed by atoms with E-state index in [0.717, 1.165) is 41.8 Å². The number of amides is 1. The van der Waals surface area contributed by atoms with Crippen molar-refractivity contribution in [1.82, 2.24) is 19.2 Å². The van der Waals surface area contributed by atoms with E-state index in [1.807, 2.05) is 47.9 Å². The number of nitrogens with one attached hydrogen (secondary N) is 1. The van der Waals surface area contributed by atoms with Crippen molar-refractivity contribution in [3.05, 3.63) is 51.1 Å². The molecule has 1 fully saturated rings. The maximum absolute atomic E-state index is 13.1. The van der Waals surface area contributed by atoms with Crippen LogP contribution in [0, 0.1) is 13.8 Å². The number of thiophene rings is 1. The lowest BCUT2D eigenvalue weighted by atomic mass is 10.1. The van der Waals surface area contributed by atoms with Gasteiger partial charge in [0.2, 0.25) is 11.7 Å². The third kappa shape index (κ3) is 3.82. The minimum Gasteiger partial charge on any atom is -0.376 e. The first-order chi connectivity index (χ1) is 15.5. The zero-order chi connectivity index (χ0) is 22.2. The molecule has 4 aromatic rings. The van der Waals surface area contributed by atoms with Crippen LogP contribution in [0.4, 0.5) is 5.69 Å². The first-order valence-corrected chi connectivity index (χ1v) is 12.3. The van der Waals surface area contributed by atoms with Gasteiger partial charge >= 0.3 is 0 Å². The molecular weight excluding hydrogens is 446 g/mol. The summed E-state index contributed by atoms with van der Waals surface area (Å²) < 4.78 is 9.92. The predicted octanol–water partition coefficient (Wildman–Crippen LogP) is 3.63. The number of benzene rings is 1. The van der Waals surface area contributed by atoms with E-state index < -0.39 is 0 Å². The van der Waals surface area contributed by atoms with Gasteiger partial charge in [0, 0.05) is 12.3 Å². The molecule has 3 aromatic heterocycles. The minimum atomic E-state index is -0.113. The summed E-state index contributed by atoms with van der Waals surface area (Å²) >= 11 is 2.71. The second kappa shape index (κ2) is 8.68. The molecule has 0 radical (unpaired) electrons. The number of rotatable bonds is 6. The van der Waals surface area contributed by atoms with Gasteiger partial charge in [-0.15, -0.1) is 21.5 Å². The van der Waals surface area contributed by atoms with E-state index in [2.05, 4.69) is 15.5 Å². The Kier molecular flexibility index (Phi) is 5.75. The Labute approximate surface area is 192 Å². The van der Waals surface area contributed by atoms with E-state index in [9.17, 15) is 9.59 Å². The second-order valence-corrected chi connectivity index (χ2v) is 9.77. The molecule has 1 aliphatic rings. The Morgan fingerprint density at radius 1 is 1.28 bits per heavy atom. The van der Waals surface area contributed by atoms with E-state index in [1.54, 1.807) is 4.57 Å². The highest BCUT2D eigenvalue weighted by atomic mass is 32.2. The molecule has 1 aliphatic heterocycles. The SMILES string of the molecule is Cc1cccc(C)c1NC(=O)CSc1nnc2n(C[C@H]3CCCO3)c(=O)c3sccc3n12. The van der Waals surface area contributed by atoms with Crippen molar-refractivity contribution >= 4 is 50.7 Å². The number of hydrogen-bond acceptors (Lipinski definition) is 7. The summed E-state index contributed by atoms with van der Waals surface area (Å²) in [4.78, 5) is 25.8. The van der Waals surface area contributed by atoms with Crippen molar-refractivity contribution < 1.29 is 9.53 Å². The third-order valence-electron chi connectivity index (χ3n) is 5.67. The van der Waals surface area contributed by atoms with Crippen molar-refractivity contribution in [2.75, 3.05) is 17.7 Å². The van der Waals surface area contributed by atoms with Crippen LogP contribution < -0.4 is 10.9 Å². The monoisotopic (exact) mass is 469 g/mol. The van der Waals surface area contributed by atoms with Gasteiger partial charge in [-0.1, -0.05) is 30.0 Å². The van der Waals surface area contributed by atoms with Crippen LogP contribution in [-0.4, -0.2) is 43.5 Å². The lowest BCUT2D eigenvalue weighted by Crippen LogP contribution is -2.28. The van der Waals surface area contributed by atoms with E-state index in [1.165, 1.54) is 23.1 Å². The Hall–Kier alpha value is -2.69. The van der Waals surface area contributed by atoms with E-state index >= 15 is 0 Å². The molecule has 32 heavy (non-hydrogen) atoms. The number of aromatic nitrogens is 4. The molecular formula is C22H23N5O3S2. The normalized spacial score (nSPS) is 16.2. The molecule has 1 saturated heterocycles. The number of anilines is 1. The first-order valence-electron chi connectivity index (χ1n) is 10.5. The van der Waals surface area contributed by atoms with Crippen LogP contribution in [-0.2, 0) is 16.1 Å². The van der Waals surface area contributed by atoms with Crippen LogP contribution in [0.5, 0.6) is 0 Å². The third-order valence-corrected chi connectivity index (χ3v) is 7.49. The molecule has 10 heteroatoms. The summed E-state index contributed by atoms with van der Waals surface area (Å²) in [6.45, 7) is 5.12. The first kappa shape index (κ1) is 21.2. The topological polar surface area (TPSA) is 90.5 Å². The summed E-state index contributed by atoms with van der Waals surface area (Å²) in [6.07, 6.45) is 1.93. The number of nitrogens with zero attached hydrogens (tertiary/aromatic N) is 4. The molecule has 8 nitrogen and oxygen atoms in total. The summed E-state index contributed by atoms with van der Waals surface area (Å²) in [6, 6.07) is 7.82. The summed E-state index contributed by atoms with van der Waals surface area (Å²) in [7, 11) is 0. The smallest absolute Gasteiger partial charge is 0.272 e. The molecule has 0 bridgehead atoms. The Morgan fingerprint density at radius 2 is 2.09 bits per heavy atom. The lowest BCUT2D eigenvalue weighted by molar-refractivity contribution is -0.113. The molecule has 0 spiro atoms. The Morgan fingerprint density at radius 3 is 2.84 bits per heavy atom. The van der Waals surface area contributed by atoms with Crippen LogP contribution in [0.3, 0.4) is 0 Å². The van der Waals surface area contributed by atoms with Gasteiger partial charge in [0.05, 0.1) is 23.9 Å². The zero-order valence-electron chi connectivity index (χ0n) is 17.8. The molecule has 0 aliphatic carbocycles. The van der Waals surface area contributed by atoms with Gasteiger partial charge in [0.25, 0.3) is 5.56 Å². The highest BCUT2D eigenvalue weighted by Crippen LogP contribution is 2.26. The predicted molar refractivity (Wildman–Crippen MR) is 127 cm³/mol. The standard InChI is InChI=1S/C22H23N5O3S2/c1-13-5-3-6-14(2)18(13)23-17(28)12-32-22-25-24-21-26(11-15-7-4-9-30-15)20(29)19-16(27(21)22)8-10-31-19/h3,5-6,8,10,15H,4,7,9,11-12H2,1-2H3,(H,23,28)/t15-/m1/s1. The van der Waals surface area contributed by atoms with E-state index in [0.29, 0.717) is 22.2 Å². The van der Waals surface area contributed by atoms with Crippen LogP contribution in [0.15, 0.2) is 39.6 Å². The average molecular weight is 470 g/mol. The van der Waals surface area contributed by atoms with Crippen LogP contribution in [0.2, 0.25) is 0 Å². The molecule has 166 valence electrons. The number of aryl methyl sites for hydroxylation is 2. The number of ether oxygens (including phenoxy) is 1. The molecule has 1 aromatic carbocycles. The zero-order valence-corrected chi connectivity index (χ0v) is 19.5. The molecule has 4 heterocycles. The molecule has 0 unspecified atom stereocenters. The Bertz CT molecular complexity index is 1350. The van der Waals surface area contributed by atoms with Crippen molar-refractivity contribution in [3.63, 3.8) is 0 Å². The number of carbonyl (C=O) groups excluding carboxylic acids is 1. The van der Waals surface area contributed by atoms with Gasteiger partial charge in [0.15, 0.2) is 5.16 Å². The fourth-order valence-electron chi connectivity index (χ4n) is 4.07. The van der Waals surface area contributed by atoms with E-state index in [-0.39, 0.29) is 23.3 Å². The summed E-state index contributed by atoms with van der Waals surface area (Å²) in [5, 5.41) is 14.1. The maximum Gasteiger partial charge on any atom is 0.272 e. The number of hydrogen-bond donors (Lipinski definition) is 1. The fraction of sp³-hybridized carbons (Fsp3) is 0.364. The average Bonchev–Trinajstić information content (AvgIpc) is 3.52. The maximum atomic E-state index is 13.1. The van der Waals surface area contributed by atoms with Gasteiger partial charge in [-0.3, -0.25) is 18.6 Å². The highest BCUT2D eigenvalue weighted by Gasteiger charge is 2.23. The molecule has 1 amide bonds. The minimum absolute atomic E-state index is 0.00449. The lowest BCUT2D eigenvalue weighted by Gasteiger charge is -2.13. The van der Waals surface area contributed by atoms with Gasteiger partial charge in [-0.2, -0.15) is 0 Å². The number of carbonyl (C=O) groups is 1. The summed E-state index contributed by atoms with van der Waals surface area (Å²) in [5.41, 5.74) is 3.58. The van der Waals surface area contributed by atoms with Gasteiger partial charge in [-0.05, 0) is 49.3 Å². The largest absolute Gasteiger partial charge is 0.376 e. The van der Waals surface area contributed by atoms with E-state index in [4.69, 9.17) is 4.74 Å². The van der Waals surface area contributed by atoms with Crippen LogP contribution in [0.25, 0.3) is 16.0 Å². The number of thioether (sulfide) groups is 1.